The summed E-state index contributed by atoms with van der Waals surface area (Å²) in [4.78, 5) is 19.1. The summed E-state index contributed by atoms with van der Waals surface area (Å²) in [7, 11) is 0. The Labute approximate surface area is 160 Å². The average Bonchev–Trinajstić information content (AvgIpc) is 2.72. The first-order valence-electron chi connectivity index (χ1n) is 9.50. The average molecular weight is 368 g/mol. The first-order valence-corrected chi connectivity index (χ1v) is 9.50. The van der Waals surface area contributed by atoms with Crippen molar-refractivity contribution in [2.45, 2.75) is 26.4 Å². The third kappa shape index (κ3) is 5.44. The number of hydrogen-bond donors (Lipinski definition) is 2. The van der Waals surface area contributed by atoms with Crippen LogP contribution in [-0.4, -0.2) is 37.3 Å². The first-order chi connectivity index (χ1) is 13.1. The number of nitrogens with zero attached hydrogens (tertiary/aromatic N) is 2. The topological polar surface area (TPSA) is 66.5 Å². The Kier molecular flexibility index (Phi) is 6.65. The Bertz CT molecular complexity index is 730. The van der Waals surface area contributed by atoms with E-state index in [4.69, 9.17) is 4.74 Å². The van der Waals surface area contributed by atoms with E-state index in [0.29, 0.717) is 12.5 Å². The first kappa shape index (κ1) is 19.2. The number of aromatic nitrogens is 1. The third-order valence-electron chi connectivity index (χ3n) is 4.71. The zero-order chi connectivity index (χ0) is 19.1. The highest BCUT2D eigenvalue weighted by atomic mass is 16.5. The second-order valence-electron chi connectivity index (χ2n) is 7.08. The van der Waals surface area contributed by atoms with Crippen LogP contribution in [0.15, 0.2) is 48.7 Å². The van der Waals surface area contributed by atoms with Gasteiger partial charge in [-0.15, -0.1) is 0 Å². The highest BCUT2D eigenvalue weighted by Crippen LogP contribution is 2.21. The maximum atomic E-state index is 12.4. The molecular formula is C21H28N4O2. The molecule has 1 saturated heterocycles. The summed E-state index contributed by atoms with van der Waals surface area (Å²) in [6.07, 6.45) is 1.79. The van der Waals surface area contributed by atoms with Crippen LogP contribution in [0.1, 0.15) is 31.0 Å². The molecule has 1 aromatic heterocycles. The Morgan fingerprint density at radius 2 is 1.93 bits per heavy atom. The molecule has 0 unspecified atom stereocenters. The molecule has 6 heteroatoms. The Morgan fingerprint density at radius 3 is 2.63 bits per heavy atom. The summed E-state index contributed by atoms with van der Waals surface area (Å²) < 4.78 is 5.39. The Hall–Kier alpha value is -2.60. The SMILES string of the molecule is CC(C)[C@H](NC(=O)NCc1ccnc(N2CCOCC2)c1)c1ccccc1. The number of hydrogen-bond acceptors (Lipinski definition) is 4. The molecule has 2 amide bonds. The lowest BCUT2D eigenvalue weighted by Gasteiger charge is -2.28. The Morgan fingerprint density at radius 1 is 1.19 bits per heavy atom. The summed E-state index contributed by atoms with van der Waals surface area (Å²) in [5.41, 5.74) is 2.14. The van der Waals surface area contributed by atoms with Crippen molar-refractivity contribution >= 4 is 11.8 Å². The van der Waals surface area contributed by atoms with Crippen LogP contribution in [0.4, 0.5) is 10.6 Å². The van der Waals surface area contributed by atoms with E-state index in [1.165, 1.54) is 0 Å². The fourth-order valence-electron chi connectivity index (χ4n) is 3.21. The summed E-state index contributed by atoms with van der Waals surface area (Å²) in [6, 6.07) is 13.8. The highest BCUT2D eigenvalue weighted by Gasteiger charge is 2.18. The number of nitrogens with one attached hydrogen (secondary N) is 2. The normalized spacial score (nSPS) is 15.4. The van der Waals surface area contributed by atoms with Gasteiger partial charge in [0.05, 0.1) is 19.3 Å². The van der Waals surface area contributed by atoms with Gasteiger partial charge in [0.2, 0.25) is 0 Å². The molecule has 2 N–H and O–H groups in total. The number of anilines is 1. The van der Waals surface area contributed by atoms with Gasteiger partial charge >= 0.3 is 6.03 Å². The molecule has 0 aliphatic carbocycles. The van der Waals surface area contributed by atoms with Gasteiger partial charge in [-0.1, -0.05) is 44.2 Å². The molecule has 27 heavy (non-hydrogen) atoms. The molecule has 1 aliphatic heterocycles. The number of amides is 2. The number of rotatable bonds is 6. The fourth-order valence-corrected chi connectivity index (χ4v) is 3.21. The highest BCUT2D eigenvalue weighted by molar-refractivity contribution is 5.74. The van der Waals surface area contributed by atoms with Crippen LogP contribution in [0.2, 0.25) is 0 Å². The molecule has 3 rings (SSSR count). The number of morpholine rings is 1. The minimum atomic E-state index is -0.165. The minimum absolute atomic E-state index is 0.0208. The molecule has 1 aromatic carbocycles. The molecule has 6 nitrogen and oxygen atoms in total. The molecule has 0 bridgehead atoms. The van der Waals surface area contributed by atoms with Crippen LogP contribution < -0.4 is 15.5 Å². The zero-order valence-electron chi connectivity index (χ0n) is 16.0. The summed E-state index contributed by atoms with van der Waals surface area (Å²) in [6.45, 7) is 7.82. The van der Waals surface area contributed by atoms with Crippen LogP contribution in [0, 0.1) is 5.92 Å². The number of pyridine rings is 1. The van der Waals surface area contributed by atoms with Gasteiger partial charge in [0.15, 0.2) is 0 Å². The summed E-state index contributed by atoms with van der Waals surface area (Å²) >= 11 is 0. The van der Waals surface area contributed by atoms with Gasteiger partial charge in [-0.05, 0) is 29.2 Å². The van der Waals surface area contributed by atoms with E-state index >= 15 is 0 Å². The minimum Gasteiger partial charge on any atom is -0.378 e. The number of carbonyl (C=O) groups is 1. The van der Waals surface area contributed by atoms with E-state index in [-0.39, 0.29) is 12.1 Å². The van der Waals surface area contributed by atoms with Crippen molar-refractivity contribution < 1.29 is 9.53 Å². The van der Waals surface area contributed by atoms with Gasteiger partial charge < -0.3 is 20.3 Å². The number of benzene rings is 1. The summed E-state index contributed by atoms with van der Waals surface area (Å²) in [5.74, 6) is 1.23. The second-order valence-corrected chi connectivity index (χ2v) is 7.08. The van der Waals surface area contributed by atoms with Crippen molar-refractivity contribution in [2.24, 2.45) is 5.92 Å². The van der Waals surface area contributed by atoms with Crippen molar-refractivity contribution in [3.63, 3.8) is 0 Å². The molecule has 0 radical (unpaired) electrons. The van der Waals surface area contributed by atoms with Crippen molar-refractivity contribution in [1.82, 2.24) is 15.6 Å². The molecule has 2 aromatic rings. The second kappa shape index (κ2) is 9.37. The largest absolute Gasteiger partial charge is 0.378 e. The van der Waals surface area contributed by atoms with Crippen LogP contribution in [0.3, 0.4) is 0 Å². The van der Waals surface area contributed by atoms with E-state index in [1.54, 1.807) is 6.20 Å². The zero-order valence-corrected chi connectivity index (χ0v) is 16.0. The molecule has 0 saturated carbocycles. The molecular weight excluding hydrogens is 340 g/mol. The van der Waals surface area contributed by atoms with E-state index < -0.39 is 0 Å². The monoisotopic (exact) mass is 368 g/mol. The molecule has 1 aliphatic rings. The van der Waals surface area contributed by atoms with Crippen molar-refractivity contribution in [3.8, 4) is 0 Å². The summed E-state index contributed by atoms with van der Waals surface area (Å²) in [5, 5.41) is 6.05. The molecule has 144 valence electrons. The van der Waals surface area contributed by atoms with Gasteiger partial charge in [-0.25, -0.2) is 9.78 Å². The van der Waals surface area contributed by atoms with Crippen LogP contribution in [0.25, 0.3) is 0 Å². The lowest BCUT2D eigenvalue weighted by molar-refractivity contribution is 0.122. The van der Waals surface area contributed by atoms with Crippen LogP contribution in [0.5, 0.6) is 0 Å². The van der Waals surface area contributed by atoms with E-state index in [0.717, 1.165) is 43.2 Å². The van der Waals surface area contributed by atoms with Gasteiger partial charge in [-0.3, -0.25) is 0 Å². The quantitative estimate of drug-likeness (QED) is 0.822. The standard InChI is InChI=1S/C21H28N4O2/c1-16(2)20(18-6-4-3-5-7-18)24-21(26)23-15-17-8-9-22-19(14-17)25-10-12-27-13-11-25/h3-9,14,16,20H,10-13,15H2,1-2H3,(H2,23,24,26)/t20-/m0/s1. The Balaban J connectivity index is 1.57. The molecule has 0 spiro atoms. The molecule has 1 atom stereocenters. The lowest BCUT2D eigenvalue weighted by atomic mass is 9.96. The number of urea groups is 1. The smallest absolute Gasteiger partial charge is 0.315 e. The van der Waals surface area contributed by atoms with Crippen molar-refractivity contribution in [3.05, 3.63) is 59.8 Å². The van der Waals surface area contributed by atoms with Gasteiger partial charge in [-0.2, -0.15) is 0 Å². The van der Waals surface area contributed by atoms with Gasteiger partial charge in [0.25, 0.3) is 0 Å². The predicted molar refractivity (Wildman–Crippen MR) is 107 cm³/mol. The molecule has 2 heterocycles. The van der Waals surface area contributed by atoms with Crippen molar-refractivity contribution in [2.75, 3.05) is 31.2 Å². The predicted octanol–water partition coefficient (Wildman–Crippen LogP) is 3.11. The van der Waals surface area contributed by atoms with Crippen molar-refractivity contribution in [1.29, 1.82) is 0 Å². The van der Waals surface area contributed by atoms with Crippen LogP contribution >= 0.6 is 0 Å². The van der Waals surface area contributed by atoms with E-state index in [9.17, 15) is 4.79 Å². The fraction of sp³-hybridized carbons (Fsp3) is 0.429. The van der Waals surface area contributed by atoms with E-state index in [1.807, 2.05) is 42.5 Å². The lowest BCUT2D eigenvalue weighted by Crippen LogP contribution is -2.39. The number of carbonyl (C=O) groups excluding carboxylic acids is 1. The number of ether oxygens (including phenoxy) is 1. The van der Waals surface area contributed by atoms with Gasteiger partial charge in [0, 0.05) is 25.8 Å². The van der Waals surface area contributed by atoms with Gasteiger partial charge in [0.1, 0.15) is 5.82 Å². The maximum absolute atomic E-state index is 12.4. The maximum Gasteiger partial charge on any atom is 0.315 e. The molecule has 1 fully saturated rings. The van der Waals surface area contributed by atoms with Crippen LogP contribution in [-0.2, 0) is 11.3 Å². The van der Waals surface area contributed by atoms with E-state index in [2.05, 4.69) is 34.4 Å². The third-order valence-corrected chi connectivity index (χ3v) is 4.71.